The minimum atomic E-state index is -0.111. The molecule has 3 fully saturated rings. The fourth-order valence-corrected chi connectivity index (χ4v) is 2.36. The summed E-state index contributed by atoms with van der Waals surface area (Å²) in [5, 5.41) is 1.49. The highest BCUT2D eigenvalue weighted by Gasteiger charge is 2.63. The molecule has 4 aliphatic rings. The van der Waals surface area contributed by atoms with Crippen LogP contribution in [0.3, 0.4) is 0 Å². The summed E-state index contributed by atoms with van der Waals surface area (Å²) in [7, 11) is 0. The van der Waals surface area contributed by atoms with Crippen molar-refractivity contribution in [2.75, 3.05) is 6.67 Å². The van der Waals surface area contributed by atoms with Gasteiger partial charge in [-0.15, -0.1) is 0 Å². The first-order valence-electron chi connectivity index (χ1n) is 4.94. The van der Waals surface area contributed by atoms with E-state index in [9.17, 15) is 4.79 Å². The van der Waals surface area contributed by atoms with Crippen molar-refractivity contribution < 1.29 is 9.63 Å². The van der Waals surface area contributed by atoms with Crippen LogP contribution in [0.5, 0.6) is 0 Å². The Labute approximate surface area is 82.2 Å². The van der Waals surface area contributed by atoms with Crippen molar-refractivity contribution in [1.29, 1.82) is 0 Å². The molecule has 0 amide bonds. The van der Waals surface area contributed by atoms with Crippen LogP contribution in [-0.4, -0.2) is 23.9 Å². The van der Waals surface area contributed by atoms with Crippen LogP contribution in [0.1, 0.15) is 19.3 Å². The maximum absolute atomic E-state index is 11.7. The SMILES string of the molecule is O=C(ON1C=CC=NC1)C12CC(C1)C2. The Morgan fingerprint density at radius 2 is 2.29 bits per heavy atom. The minimum Gasteiger partial charge on any atom is -0.339 e. The van der Waals surface area contributed by atoms with Gasteiger partial charge in [0.25, 0.3) is 0 Å². The van der Waals surface area contributed by atoms with Gasteiger partial charge < -0.3 is 4.84 Å². The van der Waals surface area contributed by atoms with Crippen LogP contribution in [0, 0.1) is 11.3 Å². The number of hydrogen-bond acceptors (Lipinski definition) is 4. The average Bonchev–Trinajstić information content (AvgIpc) is 1.99. The summed E-state index contributed by atoms with van der Waals surface area (Å²) in [6, 6.07) is 0. The van der Waals surface area contributed by atoms with Crippen molar-refractivity contribution in [3.8, 4) is 0 Å². The standard InChI is InChI=1S/C10H12N2O2/c13-9(10-4-8(5-10)6-10)14-12-3-1-2-11-7-12/h1-3,8H,4-7H2. The first-order valence-corrected chi connectivity index (χ1v) is 4.94. The van der Waals surface area contributed by atoms with Crippen molar-refractivity contribution in [3.63, 3.8) is 0 Å². The predicted molar refractivity (Wildman–Crippen MR) is 50.2 cm³/mol. The van der Waals surface area contributed by atoms with E-state index < -0.39 is 0 Å². The normalized spacial score (nSPS) is 37.4. The summed E-state index contributed by atoms with van der Waals surface area (Å²) in [5.74, 6) is 0.735. The zero-order valence-corrected chi connectivity index (χ0v) is 7.85. The third-order valence-corrected chi connectivity index (χ3v) is 3.34. The molecule has 0 aromatic rings. The zero-order valence-electron chi connectivity index (χ0n) is 7.85. The fourth-order valence-electron chi connectivity index (χ4n) is 2.36. The molecular formula is C10H12N2O2. The van der Waals surface area contributed by atoms with Gasteiger partial charge in [0.1, 0.15) is 6.67 Å². The second-order valence-electron chi connectivity index (χ2n) is 4.37. The minimum absolute atomic E-state index is 0.0678. The molecule has 0 N–H and O–H groups in total. The van der Waals surface area contributed by atoms with Crippen molar-refractivity contribution in [2.45, 2.75) is 19.3 Å². The van der Waals surface area contributed by atoms with Crippen LogP contribution in [0.4, 0.5) is 0 Å². The summed E-state index contributed by atoms with van der Waals surface area (Å²) >= 11 is 0. The number of carbonyl (C=O) groups excluding carboxylic acids is 1. The molecule has 0 aromatic heterocycles. The van der Waals surface area contributed by atoms with Crippen LogP contribution in [-0.2, 0) is 9.63 Å². The largest absolute Gasteiger partial charge is 0.339 e. The number of nitrogens with zero attached hydrogens (tertiary/aromatic N) is 2. The Morgan fingerprint density at radius 3 is 2.79 bits per heavy atom. The van der Waals surface area contributed by atoms with Gasteiger partial charge in [-0.2, -0.15) is 5.06 Å². The molecule has 3 saturated carbocycles. The van der Waals surface area contributed by atoms with Gasteiger partial charge in [-0.05, 0) is 31.3 Å². The highest BCUT2D eigenvalue weighted by molar-refractivity contribution is 5.80. The third kappa shape index (κ3) is 0.997. The molecule has 4 nitrogen and oxygen atoms in total. The van der Waals surface area contributed by atoms with Crippen molar-refractivity contribution in [1.82, 2.24) is 5.06 Å². The van der Waals surface area contributed by atoms with E-state index in [4.69, 9.17) is 4.84 Å². The van der Waals surface area contributed by atoms with E-state index in [0.717, 1.165) is 25.2 Å². The lowest BCUT2D eigenvalue weighted by molar-refractivity contribution is -0.222. The molecule has 0 radical (unpaired) electrons. The molecule has 14 heavy (non-hydrogen) atoms. The van der Waals surface area contributed by atoms with E-state index in [2.05, 4.69) is 4.99 Å². The average molecular weight is 192 g/mol. The maximum Gasteiger partial charge on any atom is 0.338 e. The molecule has 2 bridgehead atoms. The molecular weight excluding hydrogens is 180 g/mol. The van der Waals surface area contributed by atoms with E-state index in [-0.39, 0.29) is 11.4 Å². The van der Waals surface area contributed by atoms with Gasteiger partial charge >= 0.3 is 5.97 Å². The molecule has 4 heteroatoms. The molecule has 1 heterocycles. The van der Waals surface area contributed by atoms with Gasteiger partial charge in [0.2, 0.25) is 0 Å². The molecule has 0 saturated heterocycles. The molecule has 0 atom stereocenters. The maximum atomic E-state index is 11.7. The fraction of sp³-hybridized carbons (Fsp3) is 0.600. The van der Waals surface area contributed by atoms with E-state index in [0.29, 0.717) is 6.67 Å². The zero-order chi connectivity index (χ0) is 9.60. The third-order valence-electron chi connectivity index (χ3n) is 3.34. The van der Waals surface area contributed by atoms with Gasteiger partial charge in [-0.3, -0.25) is 4.99 Å². The number of allylic oxidation sites excluding steroid dienone is 1. The highest BCUT2D eigenvalue weighted by atomic mass is 16.7. The van der Waals surface area contributed by atoms with Crippen LogP contribution in [0.15, 0.2) is 17.3 Å². The van der Waals surface area contributed by atoms with Crippen LogP contribution in [0.2, 0.25) is 0 Å². The van der Waals surface area contributed by atoms with Gasteiger partial charge in [-0.25, -0.2) is 4.79 Å². The molecule has 0 aromatic carbocycles. The Hall–Kier alpha value is -1.32. The Morgan fingerprint density at radius 1 is 1.50 bits per heavy atom. The summed E-state index contributed by atoms with van der Waals surface area (Å²) in [5.41, 5.74) is -0.111. The molecule has 3 aliphatic carbocycles. The number of aliphatic imine (C=N–C) groups is 1. The van der Waals surface area contributed by atoms with Crippen LogP contribution in [0.25, 0.3) is 0 Å². The van der Waals surface area contributed by atoms with E-state index in [1.807, 2.05) is 0 Å². The van der Waals surface area contributed by atoms with Crippen molar-refractivity contribution >= 4 is 12.2 Å². The summed E-state index contributed by atoms with van der Waals surface area (Å²) in [6.07, 6.45) is 8.30. The number of rotatable bonds is 2. The summed E-state index contributed by atoms with van der Waals surface area (Å²) < 4.78 is 0. The second-order valence-corrected chi connectivity index (χ2v) is 4.37. The van der Waals surface area contributed by atoms with Gasteiger partial charge in [0.05, 0.1) is 5.41 Å². The Balaban J connectivity index is 1.59. The first kappa shape index (κ1) is 8.03. The van der Waals surface area contributed by atoms with Gasteiger partial charge in [0.15, 0.2) is 0 Å². The van der Waals surface area contributed by atoms with Gasteiger partial charge in [0, 0.05) is 12.4 Å². The molecule has 0 unspecified atom stereocenters. The summed E-state index contributed by atoms with van der Waals surface area (Å²) in [6.45, 7) is 0.418. The molecule has 74 valence electrons. The Bertz CT molecular complexity index is 318. The Kier molecular flexibility index (Phi) is 1.48. The van der Waals surface area contributed by atoms with E-state index in [1.54, 1.807) is 18.5 Å². The molecule has 0 spiro atoms. The lowest BCUT2D eigenvalue weighted by atomic mass is 9.44. The van der Waals surface area contributed by atoms with Crippen molar-refractivity contribution in [3.05, 3.63) is 12.3 Å². The lowest BCUT2D eigenvalue weighted by Gasteiger charge is -2.59. The molecule has 4 rings (SSSR count). The van der Waals surface area contributed by atoms with Crippen LogP contribution >= 0.6 is 0 Å². The lowest BCUT2D eigenvalue weighted by Crippen LogP contribution is -2.58. The van der Waals surface area contributed by atoms with Crippen LogP contribution < -0.4 is 0 Å². The topological polar surface area (TPSA) is 41.9 Å². The van der Waals surface area contributed by atoms with E-state index >= 15 is 0 Å². The monoisotopic (exact) mass is 192 g/mol. The first-order chi connectivity index (χ1) is 6.78. The number of hydroxylamine groups is 2. The molecule has 1 aliphatic heterocycles. The second kappa shape index (κ2) is 2.59. The van der Waals surface area contributed by atoms with E-state index in [1.165, 1.54) is 5.06 Å². The van der Waals surface area contributed by atoms with Gasteiger partial charge in [-0.1, -0.05) is 0 Å². The predicted octanol–water partition coefficient (Wildman–Crippen LogP) is 1.10. The smallest absolute Gasteiger partial charge is 0.338 e. The number of carbonyl (C=O) groups is 1. The highest BCUT2D eigenvalue weighted by Crippen LogP contribution is 2.64. The quantitative estimate of drug-likeness (QED) is 0.658. The summed E-state index contributed by atoms with van der Waals surface area (Å²) in [4.78, 5) is 20.9. The van der Waals surface area contributed by atoms with Crippen molar-refractivity contribution in [2.24, 2.45) is 16.3 Å². The number of hydrogen-bond donors (Lipinski definition) is 0.